The van der Waals surface area contributed by atoms with Gasteiger partial charge in [-0.2, -0.15) is 0 Å². The van der Waals surface area contributed by atoms with Crippen LogP contribution in [0.1, 0.15) is 5.56 Å². The molecule has 5 heteroatoms. The van der Waals surface area contributed by atoms with Crippen LogP contribution in [-0.2, 0) is 11.3 Å². The maximum absolute atomic E-state index is 8.53. The van der Waals surface area contributed by atoms with Gasteiger partial charge < -0.3 is 15.2 Å². The lowest BCUT2D eigenvalue weighted by molar-refractivity contribution is 0.0938. The molecule has 0 aliphatic rings. The normalized spacial score (nSPS) is 11.1. The van der Waals surface area contributed by atoms with E-state index >= 15 is 0 Å². The number of nitrogens with zero attached hydrogens (tertiary/aromatic N) is 1. The average Bonchev–Trinajstić information content (AvgIpc) is 2.81. The molecule has 0 saturated carbocycles. The van der Waals surface area contributed by atoms with Crippen molar-refractivity contribution in [3.8, 4) is 0 Å². The third-order valence-electron chi connectivity index (χ3n) is 2.35. The molecule has 0 saturated heterocycles. The summed E-state index contributed by atoms with van der Waals surface area (Å²) in [4.78, 5) is 4.38. The van der Waals surface area contributed by atoms with Crippen molar-refractivity contribution in [2.45, 2.75) is 6.54 Å². The molecular weight excluding hydrogens is 236 g/mol. The minimum Gasteiger partial charge on any atom is -0.394 e. The number of fused-ring (bicyclic) bond motifs is 1. The average molecular weight is 252 g/mol. The maximum atomic E-state index is 8.53. The van der Waals surface area contributed by atoms with E-state index < -0.39 is 0 Å². The second-order valence-electron chi connectivity index (χ2n) is 3.66. The molecule has 0 bridgehead atoms. The summed E-state index contributed by atoms with van der Waals surface area (Å²) in [6.45, 7) is 2.68. The lowest BCUT2D eigenvalue weighted by atomic mass is 10.2. The molecule has 92 valence electrons. The second-order valence-corrected chi connectivity index (χ2v) is 4.61. The minimum absolute atomic E-state index is 0.0823. The molecule has 2 aromatic rings. The Morgan fingerprint density at radius 3 is 3.24 bits per heavy atom. The van der Waals surface area contributed by atoms with E-state index in [-0.39, 0.29) is 6.61 Å². The highest BCUT2D eigenvalue weighted by atomic mass is 32.1. The molecule has 2 heterocycles. The number of ether oxygens (including phenoxy) is 1. The molecule has 0 aliphatic carbocycles. The number of hydrogen-bond donors (Lipinski definition) is 2. The monoisotopic (exact) mass is 252 g/mol. The topological polar surface area (TPSA) is 54.4 Å². The molecule has 0 unspecified atom stereocenters. The highest BCUT2D eigenvalue weighted by molar-refractivity contribution is 7.17. The number of rotatable bonds is 7. The van der Waals surface area contributed by atoms with Crippen LogP contribution in [0.2, 0.25) is 0 Å². The third-order valence-corrected chi connectivity index (χ3v) is 3.20. The number of aromatic nitrogens is 1. The summed E-state index contributed by atoms with van der Waals surface area (Å²) < 4.78 is 6.38. The number of aliphatic hydroxyl groups excluding tert-OH is 1. The van der Waals surface area contributed by atoms with Crippen molar-refractivity contribution in [2.75, 3.05) is 26.4 Å². The van der Waals surface area contributed by atoms with Crippen molar-refractivity contribution in [3.05, 3.63) is 29.3 Å². The van der Waals surface area contributed by atoms with Crippen LogP contribution in [0.25, 0.3) is 10.2 Å². The molecule has 17 heavy (non-hydrogen) atoms. The van der Waals surface area contributed by atoms with Gasteiger partial charge in [-0.3, -0.25) is 4.98 Å². The molecule has 0 aliphatic heterocycles. The number of pyridine rings is 1. The van der Waals surface area contributed by atoms with Crippen molar-refractivity contribution < 1.29 is 9.84 Å². The van der Waals surface area contributed by atoms with E-state index in [2.05, 4.69) is 21.7 Å². The predicted molar refractivity (Wildman–Crippen MR) is 69.2 cm³/mol. The second kappa shape index (κ2) is 6.66. The fraction of sp³-hybridized carbons (Fsp3) is 0.417. The summed E-state index contributed by atoms with van der Waals surface area (Å²) in [5.41, 5.74) is 2.24. The van der Waals surface area contributed by atoms with E-state index in [1.807, 2.05) is 12.3 Å². The first kappa shape index (κ1) is 12.4. The SMILES string of the molecule is OCCOCCNCc1cnc2ccsc2c1. The van der Waals surface area contributed by atoms with Gasteiger partial charge in [0.15, 0.2) is 0 Å². The third kappa shape index (κ3) is 3.74. The predicted octanol–water partition coefficient (Wildman–Crippen LogP) is 1.39. The van der Waals surface area contributed by atoms with E-state index in [0.717, 1.165) is 18.6 Å². The van der Waals surface area contributed by atoms with Crippen LogP contribution in [0.15, 0.2) is 23.7 Å². The van der Waals surface area contributed by atoms with Crippen LogP contribution >= 0.6 is 11.3 Å². The molecule has 0 aromatic carbocycles. The van der Waals surface area contributed by atoms with Crippen LogP contribution in [-0.4, -0.2) is 36.5 Å². The van der Waals surface area contributed by atoms with Crippen LogP contribution in [0, 0.1) is 0 Å². The molecule has 0 atom stereocenters. The van der Waals surface area contributed by atoms with Crippen LogP contribution in [0.4, 0.5) is 0 Å². The fourth-order valence-electron chi connectivity index (χ4n) is 1.53. The Morgan fingerprint density at radius 1 is 1.41 bits per heavy atom. The van der Waals surface area contributed by atoms with Gasteiger partial charge in [0.25, 0.3) is 0 Å². The lowest BCUT2D eigenvalue weighted by Gasteiger charge is -2.05. The summed E-state index contributed by atoms with van der Waals surface area (Å²) in [5.74, 6) is 0. The molecule has 2 rings (SSSR count). The molecule has 2 aromatic heterocycles. The van der Waals surface area contributed by atoms with Gasteiger partial charge in [-0.05, 0) is 23.1 Å². The Hall–Kier alpha value is -1.01. The lowest BCUT2D eigenvalue weighted by Crippen LogP contribution is -2.20. The summed E-state index contributed by atoms with van der Waals surface area (Å²) >= 11 is 1.71. The standard InChI is InChI=1S/C12H16N2O2S/c15-3-5-16-4-2-13-8-10-7-12-11(14-9-10)1-6-17-12/h1,6-7,9,13,15H,2-5,8H2. The van der Waals surface area contributed by atoms with Crippen LogP contribution in [0.5, 0.6) is 0 Å². The number of aliphatic hydroxyl groups is 1. The highest BCUT2D eigenvalue weighted by Crippen LogP contribution is 2.19. The zero-order valence-electron chi connectivity index (χ0n) is 9.56. The van der Waals surface area contributed by atoms with Crippen LogP contribution in [0.3, 0.4) is 0 Å². The van der Waals surface area contributed by atoms with Gasteiger partial charge in [-0.25, -0.2) is 0 Å². The maximum Gasteiger partial charge on any atom is 0.0809 e. The Labute approximate surface area is 104 Å². The quantitative estimate of drug-likeness (QED) is 0.731. The number of nitrogens with one attached hydrogen (secondary N) is 1. The molecule has 0 spiro atoms. The van der Waals surface area contributed by atoms with Crippen LogP contribution < -0.4 is 5.32 Å². The summed E-state index contributed by atoms with van der Waals surface area (Å²) in [5, 5.41) is 13.9. The molecular formula is C12H16N2O2S. The smallest absolute Gasteiger partial charge is 0.0809 e. The number of hydrogen-bond acceptors (Lipinski definition) is 5. The first-order valence-electron chi connectivity index (χ1n) is 5.61. The Balaban J connectivity index is 1.75. The highest BCUT2D eigenvalue weighted by Gasteiger charge is 1.98. The van der Waals surface area contributed by atoms with E-state index in [9.17, 15) is 0 Å². The molecule has 4 nitrogen and oxygen atoms in total. The van der Waals surface area contributed by atoms with Gasteiger partial charge in [-0.15, -0.1) is 11.3 Å². The van der Waals surface area contributed by atoms with Gasteiger partial charge in [0.1, 0.15) is 0 Å². The summed E-state index contributed by atoms with van der Waals surface area (Å²) in [6, 6.07) is 4.19. The molecule has 0 radical (unpaired) electrons. The minimum atomic E-state index is 0.0823. The summed E-state index contributed by atoms with van der Waals surface area (Å²) in [6.07, 6.45) is 1.90. The van der Waals surface area contributed by atoms with Crippen molar-refractivity contribution in [1.82, 2.24) is 10.3 Å². The van der Waals surface area contributed by atoms with E-state index in [1.54, 1.807) is 11.3 Å². The van der Waals surface area contributed by atoms with Gasteiger partial charge in [0.2, 0.25) is 0 Å². The van der Waals surface area contributed by atoms with Crippen molar-refractivity contribution >= 4 is 21.6 Å². The first-order chi connectivity index (χ1) is 8.40. The Morgan fingerprint density at radius 2 is 2.35 bits per heavy atom. The van der Waals surface area contributed by atoms with Gasteiger partial charge >= 0.3 is 0 Å². The van der Waals surface area contributed by atoms with Gasteiger partial charge in [0, 0.05) is 19.3 Å². The van der Waals surface area contributed by atoms with Gasteiger partial charge in [-0.1, -0.05) is 0 Å². The fourth-order valence-corrected chi connectivity index (χ4v) is 2.33. The van der Waals surface area contributed by atoms with Crippen molar-refractivity contribution in [2.24, 2.45) is 0 Å². The summed E-state index contributed by atoms with van der Waals surface area (Å²) in [7, 11) is 0. The zero-order chi connectivity index (χ0) is 11.9. The molecule has 0 amide bonds. The first-order valence-corrected chi connectivity index (χ1v) is 6.49. The Kier molecular flexibility index (Phi) is 4.88. The largest absolute Gasteiger partial charge is 0.394 e. The molecule has 0 fully saturated rings. The van der Waals surface area contributed by atoms with Crippen molar-refractivity contribution in [1.29, 1.82) is 0 Å². The molecule has 2 N–H and O–H groups in total. The zero-order valence-corrected chi connectivity index (χ0v) is 10.4. The van der Waals surface area contributed by atoms with Gasteiger partial charge in [0.05, 0.1) is 30.0 Å². The van der Waals surface area contributed by atoms with Crippen molar-refractivity contribution in [3.63, 3.8) is 0 Å². The Bertz CT molecular complexity index is 458. The van der Waals surface area contributed by atoms with E-state index in [4.69, 9.17) is 9.84 Å². The van der Waals surface area contributed by atoms with E-state index in [1.165, 1.54) is 10.3 Å². The van der Waals surface area contributed by atoms with E-state index in [0.29, 0.717) is 13.2 Å². The number of thiophene rings is 1.